The van der Waals surface area contributed by atoms with Gasteiger partial charge in [-0.2, -0.15) is 0 Å². The highest BCUT2D eigenvalue weighted by atomic mass is 79.9. The number of rotatable bonds is 2. The molecule has 1 aromatic carbocycles. The number of alkyl halides is 1. The van der Waals surface area contributed by atoms with E-state index in [1.54, 1.807) is 0 Å². The first kappa shape index (κ1) is 11.8. The fraction of sp³-hybridized carbons (Fsp3) is 0.500. The molecule has 0 unspecified atom stereocenters. The summed E-state index contributed by atoms with van der Waals surface area (Å²) < 4.78 is 0.0320. The Hall–Kier alpha value is -0.235. The molecule has 0 aliphatic rings. The monoisotopic (exact) mass is 250 g/mol. The first-order valence-corrected chi connectivity index (χ1v) is 5.59. The molecule has 0 atom stereocenters. The number of hydrogen-bond donors (Lipinski definition) is 0. The molecule has 0 nitrogen and oxygen atoms in total. The minimum absolute atomic E-state index is 0.0320. The van der Waals surface area contributed by atoms with Crippen molar-refractivity contribution in [1.82, 2.24) is 0 Å². The molecule has 0 aromatic heterocycles. The molecule has 0 aliphatic heterocycles. The van der Waals surface area contributed by atoms with Gasteiger partial charge < -0.3 is 0 Å². The summed E-state index contributed by atoms with van der Waals surface area (Å²) in [5.41, 5.74) is 2.43. The van der Waals surface area contributed by atoms with Crippen molar-refractivity contribution >= 4 is 23.8 Å². The van der Waals surface area contributed by atoms with Gasteiger partial charge in [-0.25, -0.2) is 0 Å². The van der Waals surface area contributed by atoms with Gasteiger partial charge in [0.2, 0.25) is 0 Å². The molecule has 0 bridgehead atoms. The fourth-order valence-electron chi connectivity index (χ4n) is 1.30. The second-order valence-electron chi connectivity index (χ2n) is 4.77. The molecule has 74 valence electrons. The second-order valence-corrected chi connectivity index (χ2v) is 6.75. The number of halogens is 1. The normalized spacial score (nSPS) is 12.9. The minimum Gasteiger partial charge on any atom is -0.0807 e. The average Bonchev–Trinajstić information content (AvgIpc) is 2.01. The molecule has 0 fully saturated rings. The third kappa shape index (κ3) is 2.88. The van der Waals surface area contributed by atoms with Crippen LogP contribution in [0.25, 0.3) is 0 Å². The Morgan fingerprint density at radius 2 is 1.29 bits per heavy atom. The van der Waals surface area contributed by atoms with Gasteiger partial charge in [0.1, 0.15) is 0 Å². The van der Waals surface area contributed by atoms with Crippen LogP contribution in [0.3, 0.4) is 0 Å². The topological polar surface area (TPSA) is 0 Å². The zero-order valence-corrected chi connectivity index (χ0v) is 10.9. The van der Waals surface area contributed by atoms with E-state index < -0.39 is 0 Å². The van der Waals surface area contributed by atoms with Crippen LogP contribution in [0.1, 0.15) is 38.8 Å². The zero-order chi connectivity index (χ0) is 11.0. The maximum absolute atomic E-state index is 6.00. The summed E-state index contributed by atoms with van der Waals surface area (Å²) in [6, 6.07) is 8.44. The van der Waals surface area contributed by atoms with Gasteiger partial charge in [-0.3, -0.25) is 0 Å². The van der Waals surface area contributed by atoms with Gasteiger partial charge in [-0.05, 0) is 24.7 Å². The van der Waals surface area contributed by atoms with Crippen LogP contribution in [-0.2, 0) is 9.64 Å². The lowest BCUT2D eigenvalue weighted by Crippen LogP contribution is -2.17. The second kappa shape index (κ2) is 3.73. The summed E-state index contributed by atoms with van der Waals surface area (Å²) >= 11 is 3.63. The van der Waals surface area contributed by atoms with Crippen LogP contribution in [0.5, 0.6) is 0 Å². The molecule has 0 spiro atoms. The van der Waals surface area contributed by atoms with Gasteiger partial charge in [0.15, 0.2) is 0 Å². The summed E-state index contributed by atoms with van der Waals surface area (Å²) in [6.07, 6.45) is 0. The summed E-state index contributed by atoms with van der Waals surface area (Å²) in [5, 5.41) is -0.255. The molecule has 2 radical (unpaired) electrons. The van der Waals surface area contributed by atoms with E-state index in [1.807, 2.05) is 13.8 Å². The molecule has 14 heavy (non-hydrogen) atoms. The number of benzene rings is 1. The van der Waals surface area contributed by atoms with E-state index in [-0.39, 0.29) is 9.64 Å². The third-order valence-electron chi connectivity index (χ3n) is 2.32. The Balaban J connectivity index is 3.02. The molecule has 0 saturated heterocycles. The molecule has 2 heteroatoms. The fourth-order valence-corrected chi connectivity index (χ4v) is 1.56. The Morgan fingerprint density at radius 1 is 0.929 bits per heavy atom. The van der Waals surface area contributed by atoms with Gasteiger partial charge >= 0.3 is 0 Å². The highest BCUT2D eigenvalue weighted by Crippen LogP contribution is 2.31. The van der Waals surface area contributed by atoms with Crippen LogP contribution in [0.15, 0.2) is 24.3 Å². The largest absolute Gasteiger partial charge is 0.0807 e. The van der Waals surface area contributed by atoms with Gasteiger partial charge in [0.05, 0.1) is 7.85 Å². The van der Waals surface area contributed by atoms with Gasteiger partial charge in [-0.1, -0.05) is 59.6 Å². The summed E-state index contributed by atoms with van der Waals surface area (Å²) in [4.78, 5) is 0. The van der Waals surface area contributed by atoms with E-state index in [0.29, 0.717) is 0 Å². The molecule has 0 saturated carbocycles. The minimum atomic E-state index is -0.255. The van der Waals surface area contributed by atoms with E-state index in [0.717, 1.165) is 5.56 Å². The standard InChI is InChI=1S/C12H16BBr/c1-11(2,13)9-5-7-10(8-6-9)12(3,4)14/h5-8H,1-4H3. The smallest absolute Gasteiger partial charge is 0.0802 e. The van der Waals surface area contributed by atoms with Gasteiger partial charge in [-0.15, -0.1) is 0 Å². The maximum atomic E-state index is 6.00. The quantitative estimate of drug-likeness (QED) is 0.555. The predicted octanol–water partition coefficient (Wildman–Crippen LogP) is 3.72. The lowest BCUT2D eigenvalue weighted by atomic mass is 9.67. The molecular formula is C12H16BBr. The van der Waals surface area contributed by atoms with Crippen molar-refractivity contribution in [2.45, 2.75) is 37.3 Å². The van der Waals surface area contributed by atoms with Crippen molar-refractivity contribution in [3.05, 3.63) is 35.4 Å². The lowest BCUT2D eigenvalue weighted by molar-refractivity contribution is 0.756. The van der Waals surface area contributed by atoms with E-state index in [9.17, 15) is 0 Å². The van der Waals surface area contributed by atoms with E-state index in [1.165, 1.54) is 5.56 Å². The molecule has 0 heterocycles. The van der Waals surface area contributed by atoms with Crippen molar-refractivity contribution in [3.8, 4) is 0 Å². The number of hydrogen-bond acceptors (Lipinski definition) is 0. The maximum Gasteiger partial charge on any atom is 0.0802 e. The van der Waals surface area contributed by atoms with Crippen LogP contribution in [0.4, 0.5) is 0 Å². The van der Waals surface area contributed by atoms with Gasteiger partial charge in [0.25, 0.3) is 0 Å². The third-order valence-corrected chi connectivity index (χ3v) is 2.77. The average molecular weight is 251 g/mol. The molecule has 1 aromatic rings. The van der Waals surface area contributed by atoms with Crippen molar-refractivity contribution in [2.75, 3.05) is 0 Å². The van der Waals surface area contributed by atoms with Crippen molar-refractivity contribution < 1.29 is 0 Å². The molecule has 0 aliphatic carbocycles. The van der Waals surface area contributed by atoms with Crippen LogP contribution in [-0.4, -0.2) is 7.85 Å². The van der Waals surface area contributed by atoms with E-state index >= 15 is 0 Å². The first-order valence-electron chi connectivity index (χ1n) is 4.80. The Kier molecular flexibility index (Phi) is 3.15. The Labute approximate surface area is 96.6 Å². The Bertz CT molecular complexity index is 268. The molecule has 1 rings (SSSR count). The van der Waals surface area contributed by atoms with E-state index in [4.69, 9.17) is 7.85 Å². The summed E-state index contributed by atoms with van der Waals surface area (Å²) in [5.74, 6) is 0. The van der Waals surface area contributed by atoms with Crippen LogP contribution in [0, 0.1) is 0 Å². The molecule has 0 N–H and O–H groups in total. The van der Waals surface area contributed by atoms with Crippen molar-refractivity contribution in [3.63, 3.8) is 0 Å². The molecule has 0 amide bonds. The van der Waals surface area contributed by atoms with E-state index in [2.05, 4.69) is 54.0 Å². The van der Waals surface area contributed by atoms with Crippen LogP contribution in [0.2, 0.25) is 0 Å². The van der Waals surface area contributed by atoms with Crippen LogP contribution >= 0.6 is 15.9 Å². The molecular weight excluding hydrogens is 235 g/mol. The predicted molar refractivity (Wildman–Crippen MR) is 67.2 cm³/mol. The lowest BCUT2D eigenvalue weighted by Gasteiger charge is -2.22. The van der Waals surface area contributed by atoms with Gasteiger partial charge in [0, 0.05) is 4.32 Å². The highest BCUT2D eigenvalue weighted by molar-refractivity contribution is 9.09. The SMILES string of the molecule is [B]C(C)(C)c1ccc(C(C)(C)Br)cc1. The Morgan fingerprint density at radius 3 is 1.57 bits per heavy atom. The van der Waals surface area contributed by atoms with Crippen molar-refractivity contribution in [2.24, 2.45) is 0 Å². The summed E-state index contributed by atoms with van der Waals surface area (Å²) in [7, 11) is 6.00. The highest BCUT2D eigenvalue weighted by Gasteiger charge is 2.17. The summed E-state index contributed by atoms with van der Waals surface area (Å²) in [6.45, 7) is 8.30. The van der Waals surface area contributed by atoms with Crippen LogP contribution < -0.4 is 0 Å². The van der Waals surface area contributed by atoms with Crippen molar-refractivity contribution in [1.29, 1.82) is 0 Å². The zero-order valence-electron chi connectivity index (χ0n) is 9.26. The first-order chi connectivity index (χ1) is 6.21.